The lowest BCUT2D eigenvalue weighted by Crippen LogP contribution is -2.39. The number of fused-ring (bicyclic) bond motifs is 8. The van der Waals surface area contributed by atoms with Gasteiger partial charge in [-0.15, -0.1) is 5.06 Å². The van der Waals surface area contributed by atoms with Gasteiger partial charge in [0.15, 0.2) is 23.0 Å². The molecule has 0 aliphatic carbocycles. The zero-order valence-electron chi connectivity index (χ0n) is 41.9. The minimum absolute atomic E-state index is 0.0406. The molecule has 17 nitrogen and oxygen atoms in total. The predicted molar refractivity (Wildman–Crippen MR) is 275 cm³/mol. The molecular formula is C56H56BN5O12. The van der Waals surface area contributed by atoms with E-state index in [1.807, 2.05) is 98.6 Å². The number of benzene rings is 5. The van der Waals surface area contributed by atoms with Crippen LogP contribution < -0.4 is 38.8 Å². The zero-order chi connectivity index (χ0) is 51.8. The summed E-state index contributed by atoms with van der Waals surface area (Å²) in [6.45, 7) is 6.71. The van der Waals surface area contributed by atoms with E-state index in [4.69, 9.17) is 46.1 Å². The second kappa shape index (κ2) is 20.6. The number of para-hydroxylation sites is 2. The zero-order valence-corrected chi connectivity index (χ0v) is 41.9. The van der Waals surface area contributed by atoms with E-state index in [1.54, 1.807) is 30.2 Å². The summed E-state index contributed by atoms with van der Waals surface area (Å²) >= 11 is 0. The van der Waals surface area contributed by atoms with Crippen molar-refractivity contribution in [2.45, 2.75) is 102 Å². The minimum Gasteiger partial charge on any atom is -0.493 e. The Kier molecular flexibility index (Phi) is 13.8. The van der Waals surface area contributed by atoms with Gasteiger partial charge in [-0.1, -0.05) is 36.4 Å². The van der Waals surface area contributed by atoms with Crippen molar-refractivity contribution in [2.75, 3.05) is 42.5 Å². The third-order valence-corrected chi connectivity index (χ3v) is 13.9. The molecule has 18 heteroatoms. The van der Waals surface area contributed by atoms with Gasteiger partial charge < -0.3 is 43.5 Å². The van der Waals surface area contributed by atoms with Gasteiger partial charge in [-0.2, -0.15) is 0 Å². The molecule has 5 heterocycles. The van der Waals surface area contributed by atoms with Gasteiger partial charge in [0.1, 0.15) is 24.6 Å². The Bertz CT molecular complexity index is 3090. The standard InChI is InChI=1S/C56H56BN5O12/c1-32(14-15-52(64)74-62-51(63)25-42(57)55(62)67)70-17-16-56(2,3)73-39-19-33(30-71-49-26-43-40(23-47(49)68-4)53(65)60-37(28-58-43)21-35-10-6-8-12-45(35)60)18-34(20-39)31-72-50-27-44-41(24-48(50)69-5)54(66)61-38(29-59-44)22-36-11-7-9-13-46(36)61/h6-13,18-20,23-24,26-28,32,37-38,42,59H,14-17,21-22,25,29-31H2,1-5H3/t32?,37-,38-,42?/m0/s1. The van der Waals surface area contributed by atoms with Gasteiger partial charge in [-0.3, -0.25) is 29.1 Å². The normalized spacial score (nSPS) is 18.8. The molecule has 5 aliphatic rings. The Morgan fingerprint density at radius 3 is 2.09 bits per heavy atom. The van der Waals surface area contributed by atoms with Crippen molar-refractivity contribution in [2.24, 2.45) is 4.99 Å². The first-order chi connectivity index (χ1) is 35.7. The first-order valence-corrected chi connectivity index (χ1v) is 24.7. The van der Waals surface area contributed by atoms with E-state index >= 15 is 0 Å². The summed E-state index contributed by atoms with van der Waals surface area (Å²) < 4.78 is 37.4. The Hall–Kier alpha value is -7.86. The van der Waals surface area contributed by atoms with Gasteiger partial charge in [-0.25, -0.2) is 4.79 Å². The monoisotopic (exact) mass is 1000 g/mol. The summed E-state index contributed by atoms with van der Waals surface area (Å²) in [4.78, 5) is 78.2. The third kappa shape index (κ3) is 10.1. The van der Waals surface area contributed by atoms with E-state index in [-0.39, 0.29) is 69.1 Å². The van der Waals surface area contributed by atoms with Crippen LogP contribution in [0, 0.1) is 0 Å². The van der Waals surface area contributed by atoms with E-state index < -0.39 is 29.2 Å². The fourth-order valence-corrected chi connectivity index (χ4v) is 10.0. The number of amides is 4. The molecule has 74 heavy (non-hydrogen) atoms. The molecule has 0 aromatic heterocycles. The number of hydroxylamine groups is 2. The van der Waals surface area contributed by atoms with Crippen LogP contribution in [0.3, 0.4) is 0 Å². The molecule has 0 saturated carbocycles. The fraction of sp³-hybridized carbons (Fsp3) is 0.357. The van der Waals surface area contributed by atoms with Crippen LogP contribution in [0.2, 0.25) is 5.82 Å². The number of methoxy groups -OCH3 is 2. The maximum absolute atomic E-state index is 14.1. The van der Waals surface area contributed by atoms with Gasteiger partial charge in [0.2, 0.25) is 0 Å². The van der Waals surface area contributed by atoms with Crippen LogP contribution in [-0.4, -0.2) is 99.9 Å². The highest BCUT2D eigenvalue weighted by molar-refractivity contribution is 6.29. The van der Waals surface area contributed by atoms with Crippen LogP contribution in [0.1, 0.15) is 89.4 Å². The molecule has 5 aromatic rings. The van der Waals surface area contributed by atoms with Crippen molar-refractivity contribution in [1.82, 2.24) is 5.06 Å². The largest absolute Gasteiger partial charge is 0.493 e. The van der Waals surface area contributed by atoms with E-state index in [0.717, 1.165) is 40.0 Å². The average Bonchev–Trinajstić information content (AvgIpc) is 3.97. The molecule has 380 valence electrons. The molecule has 1 fully saturated rings. The van der Waals surface area contributed by atoms with Crippen molar-refractivity contribution >= 4 is 66.4 Å². The Balaban J connectivity index is 0.855. The van der Waals surface area contributed by atoms with Gasteiger partial charge >= 0.3 is 5.97 Å². The highest BCUT2D eigenvalue weighted by Gasteiger charge is 2.40. The Morgan fingerprint density at radius 1 is 0.784 bits per heavy atom. The number of carbonyl (C=O) groups is 5. The molecule has 0 spiro atoms. The molecule has 10 rings (SSSR count). The van der Waals surface area contributed by atoms with Crippen LogP contribution in [0.25, 0.3) is 0 Å². The molecule has 5 aromatic carbocycles. The molecule has 5 aliphatic heterocycles. The van der Waals surface area contributed by atoms with E-state index in [0.29, 0.717) is 75.7 Å². The van der Waals surface area contributed by atoms with Crippen LogP contribution in [0.4, 0.5) is 22.7 Å². The van der Waals surface area contributed by atoms with Crippen molar-refractivity contribution < 1.29 is 57.2 Å². The van der Waals surface area contributed by atoms with Crippen molar-refractivity contribution in [3.05, 3.63) is 124 Å². The lowest BCUT2D eigenvalue weighted by atomic mass is 9.86. The maximum atomic E-state index is 14.1. The molecule has 1 saturated heterocycles. The fourth-order valence-electron chi connectivity index (χ4n) is 10.0. The molecule has 4 atom stereocenters. The summed E-state index contributed by atoms with van der Waals surface area (Å²) in [7, 11) is 8.69. The van der Waals surface area contributed by atoms with Gasteiger partial charge in [0.25, 0.3) is 23.6 Å². The van der Waals surface area contributed by atoms with Crippen LogP contribution in [-0.2, 0) is 50.0 Å². The molecular weight excluding hydrogens is 945 g/mol. The van der Waals surface area contributed by atoms with E-state index in [9.17, 15) is 24.0 Å². The Labute approximate surface area is 430 Å². The summed E-state index contributed by atoms with van der Waals surface area (Å²) in [5.41, 5.74) is 6.75. The Morgan fingerprint density at radius 2 is 1.42 bits per heavy atom. The number of hydrogen-bond donors (Lipinski definition) is 1. The number of nitrogens with one attached hydrogen (secondary N) is 1. The smallest absolute Gasteiger partial charge is 0.333 e. The van der Waals surface area contributed by atoms with Gasteiger partial charge in [0.05, 0.1) is 75.8 Å². The SMILES string of the molecule is [B]C1CC(=O)N(OC(=O)CCC(C)OCCC(C)(C)Oc2cc(COc3cc4c(cc3OC)C(=O)N3c5ccccc5C[C@H]3C=N4)cc(COc3cc4c(cc3OC)C(=O)N3c5ccccc5C[C@H]3CN4)c2)C1=O. The number of ether oxygens (including phenoxy) is 6. The number of aliphatic imine (C=N–C) groups is 1. The number of anilines is 3. The number of imide groups is 1. The van der Waals surface area contributed by atoms with Gasteiger partial charge in [0, 0.05) is 61.3 Å². The number of rotatable bonds is 18. The first kappa shape index (κ1) is 49.7. The summed E-state index contributed by atoms with van der Waals surface area (Å²) in [5, 5.41) is 3.94. The molecule has 2 unspecified atom stereocenters. The summed E-state index contributed by atoms with van der Waals surface area (Å²) in [6.07, 6.45) is 3.33. The van der Waals surface area contributed by atoms with Crippen molar-refractivity contribution in [3.63, 3.8) is 0 Å². The quantitative estimate of drug-likeness (QED) is 0.0658. The molecule has 2 radical (unpaired) electrons. The van der Waals surface area contributed by atoms with Gasteiger partial charge in [-0.05, 0) is 98.3 Å². The second-order valence-corrected chi connectivity index (χ2v) is 19.7. The molecule has 4 amide bonds. The lowest BCUT2D eigenvalue weighted by Gasteiger charge is -2.28. The number of carbonyl (C=O) groups excluding carboxylic acids is 5. The lowest BCUT2D eigenvalue weighted by molar-refractivity contribution is -0.197. The topological polar surface area (TPSA) is 184 Å². The van der Waals surface area contributed by atoms with Crippen molar-refractivity contribution in [1.29, 1.82) is 0 Å². The highest BCUT2D eigenvalue weighted by Crippen LogP contribution is 2.43. The third-order valence-electron chi connectivity index (χ3n) is 13.9. The number of nitrogens with zero attached hydrogens (tertiary/aromatic N) is 4. The first-order valence-electron chi connectivity index (χ1n) is 24.7. The van der Waals surface area contributed by atoms with Crippen LogP contribution >= 0.6 is 0 Å². The van der Waals surface area contributed by atoms with E-state index in [1.165, 1.54) is 7.11 Å². The van der Waals surface area contributed by atoms with Crippen LogP contribution in [0.5, 0.6) is 28.7 Å². The van der Waals surface area contributed by atoms with Crippen LogP contribution in [0.15, 0.2) is 96.0 Å². The number of hydrogen-bond acceptors (Lipinski definition) is 14. The minimum atomic E-state index is -1.02. The summed E-state index contributed by atoms with van der Waals surface area (Å²) in [6, 6.07) is 28.3. The predicted octanol–water partition coefficient (Wildman–Crippen LogP) is 8.05. The highest BCUT2D eigenvalue weighted by atomic mass is 16.7. The molecule has 0 bridgehead atoms. The summed E-state index contributed by atoms with van der Waals surface area (Å²) in [5.74, 6) is -1.30. The second-order valence-electron chi connectivity index (χ2n) is 19.7. The average molecular weight is 1000 g/mol. The van der Waals surface area contributed by atoms with E-state index in [2.05, 4.69) is 11.4 Å². The van der Waals surface area contributed by atoms with Crippen molar-refractivity contribution in [3.8, 4) is 28.7 Å². The maximum Gasteiger partial charge on any atom is 0.333 e. The molecule has 1 N–H and O–H groups in total.